The minimum absolute atomic E-state index is 0.145. The molecule has 174 valence electrons. The molecule has 1 aliphatic heterocycles. The van der Waals surface area contributed by atoms with Crippen LogP contribution in [0.1, 0.15) is 17.6 Å². The highest BCUT2D eigenvalue weighted by atomic mass is 16.5. The summed E-state index contributed by atoms with van der Waals surface area (Å²) in [5.41, 5.74) is 3.86. The fourth-order valence-electron chi connectivity index (χ4n) is 5.30. The lowest BCUT2D eigenvalue weighted by Gasteiger charge is -2.22. The molecule has 0 amide bonds. The summed E-state index contributed by atoms with van der Waals surface area (Å²) in [6, 6.07) is 12.1. The molecule has 3 atom stereocenters. The van der Waals surface area contributed by atoms with E-state index in [9.17, 15) is 4.79 Å². The Kier molecular flexibility index (Phi) is 4.35. The van der Waals surface area contributed by atoms with Crippen molar-refractivity contribution < 1.29 is 4.52 Å². The Bertz CT molecular complexity index is 1610. The number of rotatable bonds is 5. The molecule has 0 unspecified atom stereocenters. The number of hydrogen-bond donors (Lipinski definition) is 0. The second-order valence-electron chi connectivity index (χ2n) is 9.30. The number of hydrogen-bond acceptors (Lipinski definition) is 8. The Balaban J connectivity index is 1.04. The summed E-state index contributed by atoms with van der Waals surface area (Å²) in [4.78, 5) is 23.9. The lowest BCUT2D eigenvalue weighted by Crippen LogP contribution is -2.24. The molecule has 0 spiro atoms. The van der Waals surface area contributed by atoms with E-state index < -0.39 is 0 Å². The molecule has 1 aromatic carbocycles. The van der Waals surface area contributed by atoms with E-state index in [4.69, 9.17) is 4.52 Å². The smallest absolute Gasteiger partial charge is 0.276 e. The fourth-order valence-corrected chi connectivity index (χ4v) is 5.30. The summed E-state index contributed by atoms with van der Waals surface area (Å²) in [6.07, 6.45) is 7.14. The monoisotopic (exact) mass is 466 g/mol. The van der Waals surface area contributed by atoms with Crippen molar-refractivity contribution in [2.45, 2.75) is 12.5 Å². The first-order chi connectivity index (χ1) is 17.1. The number of pyridine rings is 1. The van der Waals surface area contributed by atoms with Gasteiger partial charge in [-0.3, -0.25) is 14.5 Å². The average Bonchev–Trinajstić information content (AvgIpc) is 3.33. The number of fused-ring (bicyclic) bond motifs is 2. The molecule has 0 N–H and O–H groups in total. The van der Waals surface area contributed by atoms with E-state index in [0.29, 0.717) is 34.5 Å². The highest BCUT2D eigenvalue weighted by molar-refractivity contribution is 5.75. The predicted molar refractivity (Wildman–Crippen MR) is 128 cm³/mol. The van der Waals surface area contributed by atoms with Gasteiger partial charge in [0.25, 0.3) is 5.56 Å². The van der Waals surface area contributed by atoms with E-state index in [1.54, 1.807) is 24.5 Å². The van der Waals surface area contributed by atoms with Gasteiger partial charge in [-0.05, 0) is 41.7 Å². The molecule has 2 fully saturated rings. The first-order valence-electron chi connectivity index (χ1n) is 11.6. The Labute approximate surface area is 199 Å². The van der Waals surface area contributed by atoms with Crippen molar-refractivity contribution in [3.05, 3.63) is 83.3 Å². The van der Waals surface area contributed by atoms with Gasteiger partial charge in [-0.25, -0.2) is 4.68 Å². The zero-order chi connectivity index (χ0) is 23.5. The Morgan fingerprint density at radius 2 is 1.94 bits per heavy atom. The highest BCUT2D eigenvalue weighted by Crippen LogP contribution is 2.58. The van der Waals surface area contributed by atoms with Crippen LogP contribution in [-0.4, -0.2) is 47.8 Å². The van der Waals surface area contributed by atoms with Crippen LogP contribution in [0.4, 0.5) is 5.69 Å². The van der Waals surface area contributed by atoms with Crippen LogP contribution < -0.4 is 10.5 Å². The van der Waals surface area contributed by atoms with Gasteiger partial charge in [0.1, 0.15) is 6.54 Å². The number of nitrogens with zero attached hydrogens (tertiary/aromatic N) is 8. The summed E-state index contributed by atoms with van der Waals surface area (Å²) in [7, 11) is 1.93. The molecule has 35 heavy (non-hydrogen) atoms. The first kappa shape index (κ1) is 20.1. The van der Waals surface area contributed by atoms with E-state index in [0.717, 1.165) is 24.5 Å². The van der Waals surface area contributed by atoms with Crippen molar-refractivity contribution in [3.63, 3.8) is 0 Å². The van der Waals surface area contributed by atoms with Crippen molar-refractivity contribution in [1.82, 2.24) is 34.7 Å². The normalized spacial score (nSPS) is 20.9. The van der Waals surface area contributed by atoms with Gasteiger partial charge in [0.05, 0.1) is 23.3 Å². The Morgan fingerprint density at radius 3 is 2.77 bits per heavy atom. The standard InChI is InChI=1S/C25H22N8O2/c1-31-11-16(9-27-31)15-4-2-5-17(8-15)32-12-19-20(13-32)23(19)24-29-22(35-30-24)14-33-25(34)18-6-3-7-26-21(18)10-28-33/h2-11,19-20,23H,12-14H2,1H3/t19-,20+,23+. The quantitative estimate of drug-likeness (QED) is 0.389. The van der Waals surface area contributed by atoms with Gasteiger partial charge < -0.3 is 9.42 Å². The van der Waals surface area contributed by atoms with Crippen molar-refractivity contribution in [1.29, 1.82) is 0 Å². The molecule has 7 rings (SSSR count). The van der Waals surface area contributed by atoms with Crippen molar-refractivity contribution in [2.24, 2.45) is 18.9 Å². The third kappa shape index (κ3) is 3.40. The molecule has 5 heterocycles. The summed E-state index contributed by atoms with van der Waals surface area (Å²) in [5.74, 6) is 2.44. The van der Waals surface area contributed by atoms with Crippen molar-refractivity contribution in [3.8, 4) is 11.1 Å². The molecule has 0 bridgehead atoms. The molecule has 1 saturated carbocycles. The van der Waals surface area contributed by atoms with Crippen LogP contribution in [0.3, 0.4) is 0 Å². The largest absolute Gasteiger partial charge is 0.371 e. The van der Waals surface area contributed by atoms with E-state index >= 15 is 0 Å². The number of aryl methyl sites for hydroxylation is 1. The minimum Gasteiger partial charge on any atom is -0.371 e. The SMILES string of the molecule is Cn1cc(-c2cccc(N3C[C@@H]4[C@H](C3)[C@H]4c3noc(Cn4ncc5ncccc5c4=O)n3)c2)cn1. The summed E-state index contributed by atoms with van der Waals surface area (Å²) >= 11 is 0. The van der Waals surface area contributed by atoms with Gasteiger partial charge in [0.15, 0.2) is 5.82 Å². The lowest BCUT2D eigenvalue weighted by molar-refractivity contribution is 0.358. The molecule has 4 aromatic heterocycles. The summed E-state index contributed by atoms with van der Waals surface area (Å²) < 4.78 is 8.64. The van der Waals surface area contributed by atoms with Crippen LogP contribution in [0, 0.1) is 11.8 Å². The number of benzene rings is 1. The average molecular weight is 467 g/mol. The van der Waals surface area contributed by atoms with Crippen LogP contribution in [0.5, 0.6) is 0 Å². The Hall–Kier alpha value is -4.34. The number of aromatic nitrogens is 7. The third-order valence-corrected chi connectivity index (χ3v) is 7.13. The van der Waals surface area contributed by atoms with Crippen molar-refractivity contribution in [2.75, 3.05) is 18.0 Å². The molecule has 10 heteroatoms. The van der Waals surface area contributed by atoms with Gasteiger partial charge in [-0.15, -0.1) is 0 Å². The van der Waals surface area contributed by atoms with E-state index in [1.165, 1.54) is 15.9 Å². The van der Waals surface area contributed by atoms with Crippen LogP contribution in [0.15, 0.2) is 70.5 Å². The molecular formula is C25H22N8O2. The maximum atomic E-state index is 12.7. The highest BCUT2D eigenvalue weighted by Gasteiger charge is 2.58. The fraction of sp³-hybridized carbons (Fsp3) is 0.280. The summed E-state index contributed by atoms with van der Waals surface area (Å²) in [6.45, 7) is 2.08. The van der Waals surface area contributed by atoms with E-state index in [1.807, 2.05) is 24.1 Å². The predicted octanol–water partition coefficient (Wildman–Crippen LogP) is 2.47. The molecule has 2 aliphatic rings. The van der Waals surface area contributed by atoms with Gasteiger partial charge in [-0.2, -0.15) is 15.2 Å². The van der Waals surface area contributed by atoms with Crippen LogP contribution in [-0.2, 0) is 13.6 Å². The van der Waals surface area contributed by atoms with Gasteiger partial charge in [-0.1, -0.05) is 17.3 Å². The zero-order valence-corrected chi connectivity index (χ0v) is 19.0. The second kappa shape index (κ2) is 7.59. The number of anilines is 1. The molecule has 10 nitrogen and oxygen atoms in total. The Morgan fingerprint density at radius 1 is 1.06 bits per heavy atom. The van der Waals surface area contributed by atoms with Gasteiger partial charge in [0, 0.05) is 49.7 Å². The van der Waals surface area contributed by atoms with Crippen LogP contribution in [0.25, 0.3) is 22.0 Å². The third-order valence-electron chi connectivity index (χ3n) is 7.13. The van der Waals surface area contributed by atoms with Crippen molar-refractivity contribution >= 4 is 16.6 Å². The van der Waals surface area contributed by atoms with Crippen LogP contribution in [0.2, 0.25) is 0 Å². The minimum atomic E-state index is -0.220. The molecule has 0 radical (unpaired) electrons. The summed E-state index contributed by atoms with van der Waals surface area (Å²) in [5, 5.41) is 13.2. The molecule has 5 aromatic rings. The second-order valence-corrected chi connectivity index (χ2v) is 9.30. The van der Waals surface area contributed by atoms with Crippen LogP contribution >= 0.6 is 0 Å². The molecular weight excluding hydrogens is 444 g/mol. The molecule has 1 aliphatic carbocycles. The maximum Gasteiger partial charge on any atom is 0.276 e. The first-order valence-corrected chi connectivity index (χ1v) is 11.6. The molecule has 1 saturated heterocycles. The van der Waals surface area contributed by atoms with Gasteiger partial charge in [0.2, 0.25) is 5.89 Å². The number of piperidine rings is 1. The lowest BCUT2D eigenvalue weighted by atomic mass is 10.1. The zero-order valence-electron chi connectivity index (χ0n) is 19.0. The topological polar surface area (TPSA) is 108 Å². The maximum absolute atomic E-state index is 12.7. The van der Waals surface area contributed by atoms with Gasteiger partial charge >= 0.3 is 0 Å². The van der Waals surface area contributed by atoms with E-state index in [-0.39, 0.29) is 12.1 Å². The van der Waals surface area contributed by atoms with E-state index in [2.05, 4.69) is 54.5 Å².